The number of benzene rings is 2. The number of carbonyl (C=O) groups is 1. The van der Waals surface area contributed by atoms with Crippen molar-refractivity contribution in [3.8, 4) is 0 Å². The molecule has 0 unspecified atom stereocenters. The van der Waals surface area contributed by atoms with Crippen molar-refractivity contribution in [3.05, 3.63) is 69.8 Å². The molecule has 3 aromatic rings. The number of thiazole rings is 1. The molecule has 0 radical (unpaired) electrons. The van der Waals surface area contributed by atoms with E-state index in [0.717, 1.165) is 23.7 Å². The maximum atomic E-state index is 12.5. The Hall–Kier alpha value is -3.26. The number of fused-ring (bicyclic) bond motifs is 1. The van der Waals surface area contributed by atoms with Crippen molar-refractivity contribution in [1.82, 2.24) is 9.88 Å². The number of aromatic nitrogens is 1. The van der Waals surface area contributed by atoms with Crippen molar-refractivity contribution in [1.29, 1.82) is 0 Å². The quantitative estimate of drug-likeness (QED) is 0.372. The van der Waals surface area contributed by atoms with E-state index in [1.807, 2.05) is 6.07 Å². The summed E-state index contributed by atoms with van der Waals surface area (Å²) in [5, 5.41) is 11.9. The summed E-state index contributed by atoms with van der Waals surface area (Å²) in [5.74, 6) is -0.0868. The lowest BCUT2D eigenvalue weighted by Gasteiger charge is -2.34. The predicted octanol–water partition coefficient (Wildman–Crippen LogP) is 3.87. The van der Waals surface area contributed by atoms with Gasteiger partial charge in [0.1, 0.15) is 0 Å². The van der Waals surface area contributed by atoms with Crippen LogP contribution in [-0.2, 0) is 4.79 Å². The van der Waals surface area contributed by atoms with Crippen molar-refractivity contribution in [2.45, 2.75) is 6.92 Å². The number of nitro groups is 1. The van der Waals surface area contributed by atoms with Crippen LogP contribution in [0.3, 0.4) is 0 Å². The highest BCUT2D eigenvalue weighted by Gasteiger charge is 2.22. The van der Waals surface area contributed by atoms with Gasteiger partial charge in [0.05, 0.1) is 15.1 Å². The van der Waals surface area contributed by atoms with Crippen molar-refractivity contribution in [2.75, 3.05) is 31.1 Å². The average molecular weight is 408 g/mol. The van der Waals surface area contributed by atoms with E-state index in [9.17, 15) is 14.9 Å². The molecule has 148 valence electrons. The predicted molar refractivity (Wildman–Crippen MR) is 115 cm³/mol. The third-order valence-electron chi connectivity index (χ3n) is 4.97. The number of nitrogens with zero attached hydrogens (tertiary/aromatic N) is 4. The Bertz CT molecular complexity index is 1100. The minimum absolute atomic E-state index is 0.0132. The van der Waals surface area contributed by atoms with Gasteiger partial charge < -0.3 is 9.80 Å². The summed E-state index contributed by atoms with van der Waals surface area (Å²) in [4.78, 5) is 31.7. The molecule has 1 aromatic heterocycles. The SMILES string of the molecule is Cc1cccc2sc(N3CCN(C(=O)/C=C/c4cccc([N+](=O)[O-])c4)CC3)nc12. The van der Waals surface area contributed by atoms with Gasteiger partial charge in [-0.3, -0.25) is 14.9 Å². The van der Waals surface area contributed by atoms with E-state index in [4.69, 9.17) is 4.98 Å². The first-order chi connectivity index (χ1) is 14.0. The largest absolute Gasteiger partial charge is 0.345 e. The summed E-state index contributed by atoms with van der Waals surface area (Å²) < 4.78 is 1.18. The zero-order valence-electron chi connectivity index (χ0n) is 15.9. The van der Waals surface area contributed by atoms with E-state index < -0.39 is 4.92 Å². The molecule has 1 aliphatic rings. The van der Waals surface area contributed by atoms with Gasteiger partial charge in [0, 0.05) is 44.4 Å². The first-order valence-electron chi connectivity index (χ1n) is 9.34. The second kappa shape index (κ2) is 8.00. The van der Waals surface area contributed by atoms with Crippen LogP contribution in [0.2, 0.25) is 0 Å². The number of amides is 1. The van der Waals surface area contributed by atoms with Crippen LogP contribution < -0.4 is 4.90 Å². The fraction of sp³-hybridized carbons (Fsp3) is 0.238. The third kappa shape index (κ3) is 4.12. The van der Waals surface area contributed by atoms with Gasteiger partial charge in [-0.15, -0.1) is 0 Å². The molecule has 2 heterocycles. The van der Waals surface area contributed by atoms with Gasteiger partial charge in [-0.05, 0) is 30.2 Å². The van der Waals surface area contributed by atoms with Crippen LogP contribution in [0, 0.1) is 17.0 Å². The molecule has 1 saturated heterocycles. The van der Waals surface area contributed by atoms with Gasteiger partial charge >= 0.3 is 0 Å². The number of rotatable bonds is 4. The van der Waals surface area contributed by atoms with Crippen LogP contribution in [0.15, 0.2) is 48.5 Å². The molecule has 29 heavy (non-hydrogen) atoms. The molecular formula is C21H20N4O3S. The highest BCUT2D eigenvalue weighted by Crippen LogP contribution is 2.31. The lowest BCUT2D eigenvalue weighted by atomic mass is 10.2. The summed E-state index contributed by atoms with van der Waals surface area (Å²) >= 11 is 1.68. The Kier molecular flexibility index (Phi) is 5.26. The molecule has 0 atom stereocenters. The van der Waals surface area contributed by atoms with Gasteiger partial charge in [-0.2, -0.15) is 0 Å². The van der Waals surface area contributed by atoms with Gasteiger partial charge in [0.15, 0.2) is 5.13 Å². The van der Waals surface area contributed by atoms with E-state index in [2.05, 4.69) is 24.0 Å². The Morgan fingerprint density at radius 2 is 1.93 bits per heavy atom. The Morgan fingerprint density at radius 1 is 1.17 bits per heavy atom. The van der Waals surface area contributed by atoms with E-state index in [-0.39, 0.29) is 11.6 Å². The van der Waals surface area contributed by atoms with Crippen molar-refractivity contribution in [3.63, 3.8) is 0 Å². The Labute approximate surface area is 172 Å². The number of carbonyl (C=O) groups excluding carboxylic acids is 1. The van der Waals surface area contributed by atoms with Gasteiger partial charge in [-0.25, -0.2) is 4.98 Å². The molecule has 1 aliphatic heterocycles. The van der Waals surface area contributed by atoms with Crippen molar-refractivity contribution < 1.29 is 9.72 Å². The lowest BCUT2D eigenvalue weighted by molar-refractivity contribution is -0.384. The highest BCUT2D eigenvalue weighted by atomic mass is 32.1. The van der Waals surface area contributed by atoms with Crippen LogP contribution >= 0.6 is 11.3 Å². The molecule has 4 rings (SSSR count). The maximum Gasteiger partial charge on any atom is 0.270 e. The van der Waals surface area contributed by atoms with Crippen LogP contribution in [-0.4, -0.2) is 46.9 Å². The summed E-state index contributed by atoms with van der Waals surface area (Å²) in [5.41, 5.74) is 2.87. The minimum Gasteiger partial charge on any atom is -0.345 e. The molecule has 1 amide bonds. The zero-order valence-corrected chi connectivity index (χ0v) is 16.8. The van der Waals surface area contributed by atoms with Crippen LogP contribution in [0.25, 0.3) is 16.3 Å². The normalized spacial score (nSPS) is 14.7. The number of hydrogen-bond donors (Lipinski definition) is 0. The number of aryl methyl sites for hydroxylation is 1. The van der Waals surface area contributed by atoms with Gasteiger partial charge in [0.25, 0.3) is 5.69 Å². The number of anilines is 1. The van der Waals surface area contributed by atoms with Crippen molar-refractivity contribution in [2.24, 2.45) is 0 Å². The molecule has 7 nitrogen and oxygen atoms in total. The number of nitro benzene ring substituents is 1. The second-order valence-corrected chi connectivity index (χ2v) is 7.92. The third-order valence-corrected chi connectivity index (χ3v) is 6.05. The average Bonchev–Trinajstić information content (AvgIpc) is 3.18. The number of non-ortho nitro benzene ring substituents is 1. The standard InChI is InChI=1S/C21H20N4O3S/c1-15-4-2-7-18-20(15)22-21(29-18)24-12-10-23(11-13-24)19(26)9-8-16-5-3-6-17(14-16)25(27)28/h2-9,14H,10-13H2,1H3/b9-8+. The van der Waals surface area contributed by atoms with Crippen LogP contribution in [0.5, 0.6) is 0 Å². The first kappa shape index (κ1) is 19.1. The fourth-order valence-electron chi connectivity index (χ4n) is 3.34. The summed E-state index contributed by atoms with van der Waals surface area (Å²) in [6.45, 7) is 4.76. The summed E-state index contributed by atoms with van der Waals surface area (Å²) in [6.07, 6.45) is 3.10. The number of para-hydroxylation sites is 1. The molecule has 1 fully saturated rings. The highest BCUT2D eigenvalue weighted by molar-refractivity contribution is 7.22. The van der Waals surface area contributed by atoms with E-state index in [0.29, 0.717) is 18.7 Å². The van der Waals surface area contributed by atoms with Crippen LogP contribution in [0.1, 0.15) is 11.1 Å². The maximum absolute atomic E-state index is 12.5. The Morgan fingerprint density at radius 3 is 2.66 bits per heavy atom. The van der Waals surface area contributed by atoms with Crippen LogP contribution in [0.4, 0.5) is 10.8 Å². The van der Waals surface area contributed by atoms with E-state index >= 15 is 0 Å². The molecule has 0 aliphatic carbocycles. The topological polar surface area (TPSA) is 79.6 Å². The lowest BCUT2D eigenvalue weighted by Crippen LogP contribution is -2.48. The van der Waals surface area contributed by atoms with Crippen molar-refractivity contribution >= 4 is 44.4 Å². The van der Waals surface area contributed by atoms with Gasteiger partial charge in [0.2, 0.25) is 5.91 Å². The fourth-order valence-corrected chi connectivity index (χ4v) is 4.44. The van der Waals surface area contributed by atoms with Gasteiger partial charge in [-0.1, -0.05) is 35.6 Å². The monoisotopic (exact) mass is 408 g/mol. The molecular weight excluding hydrogens is 388 g/mol. The summed E-state index contributed by atoms with van der Waals surface area (Å²) in [6, 6.07) is 12.4. The smallest absolute Gasteiger partial charge is 0.270 e. The molecule has 8 heteroatoms. The molecule has 0 saturated carbocycles. The molecule has 0 bridgehead atoms. The summed E-state index contributed by atoms with van der Waals surface area (Å²) in [7, 11) is 0. The van der Waals surface area contributed by atoms with E-state index in [1.54, 1.807) is 34.4 Å². The first-order valence-corrected chi connectivity index (χ1v) is 10.2. The molecule has 0 N–H and O–H groups in total. The number of hydrogen-bond acceptors (Lipinski definition) is 6. The zero-order chi connectivity index (χ0) is 20.4. The second-order valence-electron chi connectivity index (χ2n) is 6.92. The molecule has 0 spiro atoms. The number of piperazine rings is 1. The minimum atomic E-state index is -0.443. The molecule has 2 aromatic carbocycles. The van der Waals surface area contributed by atoms with E-state index in [1.165, 1.54) is 28.5 Å². The Balaban J connectivity index is 1.38.